The molecule has 3 aromatic rings. The first-order chi connectivity index (χ1) is 16.0. The van der Waals surface area contributed by atoms with Gasteiger partial charge in [0.1, 0.15) is 11.6 Å². The molecule has 33 heavy (non-hydrogen) atoms. The first-order valence-electron chi connectivity index (χ1n) is 11.5. The van der Waals surface area contributed by atoms with Crippen LogP contribution in [0.25, 0.3) is 0 Å². The molecule has 1 fully saturated rings. The molecule has 1 aliphatic heterocycles. The van der Waals surface area contributed by atoms with Crippen LogP contribution in [0, 0.1) is 6.92 Å². The van der Waals surface area contributed by atoms with Crippen LogP contribution in [-0.2, 0) is 12.8 Å². The van der Waals surface area contributed by atoms with E-state index in [1.807, 2.05) is 42.2 Å². The number of carbonyl (C=O) groups is 1. The zero-order valence-corrected chi connectivity index (χ0v) is 20.8. The average Bonchev–Trinajstić information content (AvgIpc) is 3.08. The van der Waals surface area contributed by atoms with Crippen molar-refractivity contribution < 1.29 is 4.79 Å². The Labute approximate surface area is 204 Å². The average molecular weight is 508 g/mol. The third-order valence-electron chi connectivity index (χ3n) is 5.92. The molecule has 4 rings (SSSR count). The SMILES string of the molecule is CCc1nc(C)nc(N2CCCN(C(=O)Nc3ccc(Br)cc3)CC2)c1Cc1ccccc1. The highest BCUT2D eigenvalue weighted by Crippen LogP contribution is 2.26. The largest absolute Gasteiger partial charge is 0.354 e. The number of nitrogens with one attached hydrogen (secondary N) is 1. The number of hydrogen-bond donors (Lipinski definition) is 1. The topological polar surface area (TPSA) is 61.4 Å². The van der Waals surface area contributed by atoms with Crippen LogP contribution in [0.5, 0.6) is 0 Å². The summed E-state index contributed by atoms with van der Waals surface area (Å²) in [5, 5.41) is 3.01. The summed E-state index contributed by atoms with van der Waals surface area (Å²) in [6.07, 6.45) is 2.57. The number of halogens is 1. The first-order valence-corrected chi connectivity index (χ1v) is 12.3. The second-order valence-corrected chi connectivity index (χ2v) is 9.22. The molecule has 0 bridgehead atoms. The van der Waals surface area contributed by atoms with Crippen LogP contribution in [0.2, 0.25) is 0 Å². The molecule has 0 aliphatic carbocycles. The maximum absolute atomic E-state index is 12.9. The lowest BCUT2D eigenvalue weighted by molar-refractivity contribution is 0.215. The Kier molecular flexibility index (Phi) is 7.60. The highest BCUT2D eigenvalue weighted by Gasteiger charge is 2.23. The van der Waals surface area contributed by atoms with E-state index >= 15 is 0 Å². The second-order valence-electron chi connectivity index (χ2n) is 8.30. The molecule has 1 saturated heterocycles. The summed E-state index contributed by atoms with van der Waals surface area (Å²) in [6, 6.07) is 18.1. The van der Waals surface area contributed by atoms with Gasteiger partial charge in [-0.3, -0.25) is 0 Å². The van der Waals surface area contributed by atoms with E-state index in [9.17, 15) is 4.79 Å². The van der Waals surface area contributed by atoms with Crippen molar-refractivity contribution in [2.75, 3.05) is 36.4 Å². The summed E-state index contributed by atoms with van der Waals surface area (Å²) in [5.41, 5.74) is 4.36. The Bertz CT molecular complexity index is 1090. The van der Waals surface area contributed by atoms with Crippen molar-refractivity contribution in [2.24, 2.45) is 0 Å². The van der Waals surface area contributed by atoms with Crippen molar-refractivity contribution >= 4 is 33.5 Å². The first kappa shape index (κ1) is 23.2. The van der Waals surface area contributed by atoms with Gasteiger partial charge >= 0.3 is 6.03 Å². The maximum atomic E-state index is 12.9. The van der Waals surface area contributed by atoms with Crippen molar-refractivity contribution in [3.05, 3.63) is 81.7 Å². The Balaban J connectivity index is 1.51. The smallest absolute Gasteiger partial charge is 0.321 e. The number of aromatic nitrogens is 2. The number of amides is 2. The van der Waals surface area contributed by atoms with E-state index in [1.165, 1.54) is 11.1 Å². The molecule has 0 spiro atoms. The van der Waals surface area contributed by atoms with Crippen LogP contribution >= 0.6 is 15.9 Å². The lowest BCUT2D eigenvalue weighted by atomic mass is 10.0. The molecular weight excluding hydrogens is 478 g/mol. The molecule has 7 heteroatoms. The molecule has 2 amide bonds. The summed E-state index contributed by atoms with van der Waals surface area (Å²) in [7, 11) is 0. The van der Waals surface area contributed by atoms with Gasteiger partial charge in [0, 0.05) is 54.0 Å². The van der Waals surface area contributed by atoms with Crippen molar-refractivity contribution in [1.29, 1.82) is 0 Å². The van der Waals surface area contributed by atoms with Crippen LogP contribution in [0.3, 0.4) is 0 Å². The molecule has 0 radical (unpaired) electrons. The van der Waals surface area contributed by atoms with Gasteiger partial charge in [-0.2, -0.15) is 0 Å². The van der Waals surface area contributed by atoms with Crippen molar-refractivity contribution in [3.63, 3.8) is 0 Å². The summed E-state index contributed by atoms with van der Waals surface area (Å²) >= 11 is 3.43. The van der Waals surface area contributed by atoms with Crippen LogP contribution in [0.4, 0.5) is 16.3 Å². The van der Waals surface area contributed by atoms with Gasteiger partial charge < -0.3 is 15.1 Å². The Morgan fingerprint density at radius 2 is 1.76 bits per heavy atom. The molecule has 0 saturated carbocycles. The predicted octanol–water partition coefficient (Wildman–Crippen LogP) is 5.44. The molecule has 6 nitrogen and oxygen atoms in total. The van der Waals surface area contributed by atoms with Gasteiger partial charge in [-0.15, -0.1) is 0 Å². The number of aryl methyl sites for hydroxylation is 2. The van der Waals surface area contributed by atoms with E-state index < -0.39 is 0 Å². The highest BCUT2D eigenvalue weighted by molar-refractivity contribution is 9.10. The van der Waals surface area contributed by atoms with Gasteiger partial charge in [0.2, 0.25) is 0 Å². The van der Waals surface area contributed by atoms with Crippen molar-refractivity contribution in [1.82, 2.24) is 14.9 Å². The summed E-state index contributed by atoms with van der Waals surface area (Å²) in [4.78, 5) is 26.7. The van der Waals surface area contributed by atoms with Gasteiger partial charge in [0.25, 0.3) is 0 Å². The minimum Gasteiger partial charge on any atom is -0.354 e. The summed E-state index contributed by atoms with van der Waals surface area (Å²) in [5.74, 6) is 1.81. The van der Waals surface area contributed by atoms with E-state index in [0.29, 0.717) is 6.54 Å². The van der Waals surface area contributed by atoms with Gasteiger partial charge in [0.05, 0.1) is 0 Å². The van der Waals surface area contributed by atoms with E-state index in [4.69, 9.17) is 9.97 Å². The van der Waals surface area contributed by atoms with E-state index in [-0.39, 0.29) is 6.03 Å². The summed E-state index contributed by atoms with van der Waals surface area (Å²) < 4.78 is 0.990. The zero-order chi connectivity index (χ0) is 23.2. The van der Waals surface area contributed by atoms with Crippen molar-refractivity contribution in [2.45, 2.75) is 33.1 Å². The monoisotopic (exact) mass is 507 g/mol. The molecule has 2 heterocycles. The minimum absolute atomic E-state index is 0.0585. The molecule has 2 aromatic carbocycles. The van der Waals surface area contributed by atoms with E-state index in [1.54, 1.807) is 0 Å². The molecular formula is C26H30BrN5O. The minimum atomic E-state index is -0.0585. The van der Waals surface area contributed by atoms with Gasteiger partial charge in [-0.05, 0) is 49.6 Å². The van der Waals surface area contributed by atoms with E-state index in [0.717, 1.165) is 66.4 Å². The molecule has 172 valence electrons. The predicted molar refractivity (Wildman–Crippen MR) is 137 cm³/mol. The van der Waals surface area contributed by atoms with Crippen molar-refractivity contribution in [3.8, 4) is 0 Å². The highest BCUT2D eigenvalue weighted by atomic mass is 79.9. The summed E-state index contributed by atoms with van der Waals surface area (Å²) in [6.45, 7) is 7.09. The molecule has 1 aliphatic rings. The zero-order valence-electron chi connectivity index (χ0n) is 19.2. The fourth-order valence-corrected chi connectivity index (χ4v) is 4.51. The second kappa shape index (κ2) is 10.8. The molecule has 0 unspecified atom stereocenters. The number of hydrogen-bond acceptors (Lipinski definition) is 4. The van der Waals surface area contributed by atoms with Gasteiger partial charge in [-0.25, -0.2) is 14.8 Å². The quantitative estimate of drug-likeness (QED) is 0.498. The van der Waals surface area contributed by atoms with Gasteiger partial charge in [-0.1, -0.05) is 53.2 Å². The molecule has 1 aromatic heterocycles. The Morgan fingerprint density at radius 1 is 1.00 bits per heavy atom. The van der Waals surface area contributed by atoms with Crippen LogP contribution in [0.15, 0.2) is 59.1 Å². The number of benzene rings is 2. The fraction of sp³-hybridized carbons (Fsp3) is 0.346. The fourth-order valence-electron chi connectivity index (χ4n) is 4.24. The number of rotatable bonds is 5. The standard InChI is InChI=1S/C26H30BrN5O/c1-3-24-23(18-20-8-5-4-6-9-20)25(29-19(2)28-24)31-14-7-15-32(17-16-31)26(33)30-22-12-10-21(27)11-13-22/h4-6,8-13H,3,7,14-18H2,1-2H3,(H,30,33). The van der Waals surface area contributed by atoms with Crippen LogP contribution < -0.4 is 10.2 Å². The van der Waals surface area contributed by atoms with E-state index in [2.05, 4.69) is 57.3 Å². The van der Waals surface area contributed by atoms with Crippen LogP contribution in [0.1, 0.15) is 36.0 Å². The Morgan fingerprint density at radius 3 is 2.48 bits per heavy atom. The maximum Gasteiger partial charge on any atom is 0.321 e. The number of anilines is 2. The number of nitrogens with zero attached hydrogens (tertiary/aromatic N) is 4. The number of urea groups is 1. The third kappa shape index (κ3) is 5.90. The normalized spacial score (nSPS) is 14.2. The lowest BCUT2D eigenvalue weighted by Crippen LogP contribution is -2.38. The molecule has 0 atom stereocenters. The lowest BCUT2D eigenvalue weighted by Gasteiger charge is -2.26. The third-order valence-corrected chi connectivity index (χ3v) is 6.45. The Hall–Kier alpha value is -2.93. The van der Waals surface area contributed by atoms with Gasteiger partial charge in [0.15, 0.2) is 0 Å². The van der Waals surface area contributed by atoms with Crippen LogP contribution in [-0.4, -0.2) is 47.1 Å². The number of carbonyl (C=O) groups excluding carboxylic acids is 1. The molecule has 1 N–H and O–H groups in total.